The molecule has 0 aliphatic carbocycles. The van der Waals surface area contributed by atoms with Crippen molar-refractivity contribution >= 4 is 17.5 Å². The Hall–Kier alpha value is -3.55. The number of carbonyl (C=O) groups is 2. The second-order valence-electron chi connectivity index (χ2n) is 5.95. The number of carbonyl (C=O) groups excluding carboxylic acids is 2. The van der Waals surface area contributed by atoms with Gasteiger partial charge in [0.05, 0.1) is 0 Å². The zero-order valence-corrected chi connectivity index (χ0v) is 13.8. The molecule has 1 fully saturated rings. The van der Waals surface area contributed by atoms with E-state index < -0.39 is 6.04 Å². The van der Waals surface area contributed by atoms with Crippen molar-refractivity contribution in [2.75, 3.05) is 11.4 Å². The SMILES string of the molecule is O=C(N[C@@H]1CCN(c2ccccc2)C1=O)c1ccc(-c2nn[nH]n2)cc1. The molecular formula is C18H16N6O2. The molecule has 8 nitrogen and oxygen atoms in total. The number of rotatable bonds is 4. The lowest BCUT2D eigenvalue weighted by Crippen LogP contribution is -2.41. The molecule has 130 valence electrons. The highest BCUT2D eigenvalue weighted by Gasteiger charge is 2.33. The maximum atomic E-state index is 12.6. The Morgan fingerprint density at radius 2 is 1.88 bits per heavy atom. The van der Waals surface area contributed by atoms with Crippen molar-refractivity contribution in [2.45, 2.75) is 12.5 Å². The number of nitrogens with zero attached hydrogens (tertiary/aromatic N) is 4. The lowest BCUT2D eigenvalue weighted by Gasteiger charge is -2.17. The van der Waals surface area contributed by atoms with Crippen LogP contribution in [-0.2, 0) is 4.79 Å². The lowest BCUT2D eigenvalue weighted by molar-refractivity contribution is -0.118. The molecule has 0 spiro atoms. The van der Waals surface area contributed by atoms with E-state index in [2.05, 4.69) is 25.9 Å². The van der Waals surface area contributed by atoms with Crippen molar-refractivity contribution in [1.82, 2.24) is 25.9 Å². The van der Waals surface area contributed by atoms with Crippen LogP contribution in [0.4, 0.5) is 5.69 Å². The standard InChI is InChI=1S/C18H16N6O2/c25-17(13-8-6-12(7-9-13)16-20-22-23-21-16)19-15-10-11-24(18(15)26)14-4-2-1-3-5-14/h1-9,15H,10-11H2,(H,19,25)(H,20,21,22,23)/t15-/m1/s1. The highest BCUT2D eigenvalue weighted by Crippen LogP contribution is 2.21. The van der Waals surface area contributed by atoms with E-state index in [0.29, 0.717) is 24.4 Å². The molecule has 2 N–H and O–H groups in total. The summed E-state index contributed by atoms with van der Waals surface area (Å²) in [4.78, 5) is 26.7. The molecule has 0 unspecified atom stereocenters. The van der Waals surface area contributed by atoms with E-state index in [1.165, 1.54) is 0 Å². The summed E-state index contributed by atoms with van der Waals surface area (Å²) in [5, 5.41) is 16.5. The zero-order chi connectivity index (χ0) is 17.9. The predicted molar refractivity (Wildman–Crippen MR) is 94.3 cm³/mol. The fraction of sp³-hybridized carbons (Fsp3) is 0.167. The number of nitrogens with one attached hydrogen (secondary N) is 2. The monoisotopic (exact) mass is 348 g/mol. The highest BCUT2D eigenvalue weighted by molar-refractivity contribution is 6.04. The minimum absolute atomic E-state index is 0.0898. The number of H-pyrrole nitrogens is 1. The van der Waals surface area contributed by atoms with Gasteiger partial charge in [-0.3, -0.25) is 9.59 Å². The molecule has 2 aromatic carbocycles. The molecule has 3 aromatic rings. The van der Waals surface area contributed by atoms with Crippen LogP contribution in [-0.4, -0.2) is 45.0 Å². The molecule has 1 saturated heterocycles. The summed E-state index contributed by atoms with van der Waals surface area (Å²) in [6.45, 7) is 0.588. The van der Waals surface area contributed by atoms with Crippen LogP contribution in [0.25, 0.3) is 11.4 Å². The van der Waals surface area contributed by atoms with Gasteiger partial charge in [0.25, 0.3) is 5.91 Å². The van der Waals surface area contributed by atoms with Gasteiger partial charge in [0.15, 0.2) is 0 Å². The minimum atomic E-state index is -0.514. The molecule has 8 heteroatoms. The van der Waals surface area contributed by atoms with Gasteiger partial charge in [-0.2, -0.15) is 5.21 Å². The fourth-order valence-corrected chi connectivity index (χ4v) is 2.97. The van der Waals surface area contributed by atoms with E-state index >= 15 is 0 Å². The number of aromatic nitrogens is 4. The van der Waals surface area contributed by atoms with E-state index in [-0.39, 0.29) is 11.8 Å². The molecule has 0 bridgehead atoms. The van der Waals surface area contributed by atoms with Gasteiger partial charge in [-0.15, -0.1) is 10.2 Å². The van der Waals surface area contributed by atoms with Crippen LogP contribution in [0.1, 0.15) is 16.8 Å². The Kier molecular flexibility index (Phi) is 4.14. The normalized spacial score (nSPS) is 16.7. The number of para-hydroxylation sites is 1. The number of hydrogen-bond donors (Lipinski definition) is 2. The van der Waals surface area contributed by atoms with E-state index in [9.17, 15) is 9.59 Å². The van der Waals surface area contributed by atoms with Crippen LogP contribution in [0.15, 0.2) is 54.6 Å². The lowest BCUT2D eigenvalue weighted by atomic mass is 10.1. The van der Waals surface area contributed by atoms with Crippen LogP contribution < -0.4 is 10.2 Å². The van der Waals surface area contributed by atoms with Crippen molar-refractivity contribution in [3.05, 3.63) is 60.2 Å². The van der Waals surface area contributed by atoms with Gasteiger partial charge in [0.1, 0.15) is 6.04 Å². The summed E-state index contributed by atoms with van der Waals surface area (Å²) in [6.07, 6.45) is 0.584. The van der Waals surface area contributed by atoms with E-state index in [0.717, 1.165) is 11.3 Å². The highest BCUT2D eigenvalue weighted by atomic mass is 16.2. The Balaban J connectivity index is 1.43. The van der Waals surface area contributed by atoms with Crippen LogP contribution >= 0.6 is 0 Å². The Morgan fingerprint density at radius 3 is 2.58 bits per heavy atom. The molecule has 2 amide bonds. The van der Waals surface area contributed by atoms with Crippen molar-refractivity contribution in [3.63, 3.8) is 0 Å². The van der Waals surface area contributed by atoms with Crippen LogP contribution in [0.2, 0.25) is 0 Å². The van der Waals surface area contributed by atoms with Crippen molar-refractivity contribution in [2.24, 2.45) is 0 Å². The largest absolute Gasteiger partial charge is 0.340 e. The van der Waals surface area contributed by atoms with Crippen molar-refractivity contribution < 1.29 is 9.59 Å². The van der Waals surface area contributed by atoms with Crippen molar-refractivity contribution in [1.29, 1.82) is 0 Å². The molecule has 2 heterocycles. The number of benzene rings is 2. The third-order valence-electron chi connectivity index (χ3n) is 4.33. The average molecular weight is 348 g/mol. The Labute approximate surface area is 149 Å². The average Bonchev–Trinajstić information content (AvgIpc) is 3.34. The molecule has 26 heavy (non-hydrogen) atoms. The van der Waals surface area contributed by atoms with Gasteiger partial charge in [0, 0.05) is 23.4 Å². The van der Waals surface area contributed by atoms with Crippen molar-refractivity contribution in [3.8, 4) is 11.4 Å². The van der Waals surface area contributed by atoms with Crippen LogP contribution in [0.5, 0.6) is 0 Å². The molecule has 1 aromatic heterocycles. The first-order chi connectivity index (χ1) is 12.7. The van der Waals surface area contributed by atoms with Gasteiger partial charge in [-0.05, 0) is 35.9 Å². The minimum Gasteiger partial charge on any atom is -0.340 e. The van der Waals surface area contributed by atoms with Gasteiger partial charge >= 0.3 is 0 Å². The van der Waals surface area contributed by atoms with E-state index in [4.69, 9.17) is 0 Å². The van der Waals surface area contributed by atoms with Crippen LogP contribution in [0.3, 0.4) is 0 Å². The van der Waals surface area contributed by atoms with Crippen LogP contribution in [0, 0.1) is 0 Å². The second-order valence-corrected chi connectivity index (χ2v) is 5.95. The zero-order valence-electron chi connectivity index (χ0n) is 13.8. The maximum absolute atomic E-state index is 12.6. The topological polar surface area (TPSA) is 104 Å². The van der Waals surface area contributed by atoms with Gasteiger partial charge in [-0.1, -0.05) is 30.3 Å². The smallest absolute Gasteiger partial charge is 0.251 e. The molecule has 1 aliphatic heterocycles. The molecule has 0 radical (unpaired) electrons. The first-order valence-corrected chi connectivity index (χ1v) is 8.23. The van der Waals surface area contributed by atoms with E-state index in [1.54, 1.807) is 29.2 Å². The molecular weight excluding hydrogens is 332 g/mol. The Bertz CT molecular complexity index is 909. The first-order valence-electron chi connectivity index (χ1n) is 8.23. The molecule has 1 atom stereocenters. The summed E-state index contributed by atoms with van der Waals surface area (Å²) in [6, 6.07) is 15.8. The summed E-state index contributed by atoms with van der Waals surface area (Å²) >= 11 is 0. The van der Waals surface area contributed by atoms with Gasteiger partial charge in [-0.25, -0.2) is 0 Å². The predicted octanol–water partition coefficient (Wildman–Crippen LogP) is 1.40. The Morgan fingerprint density at radius 1 is 1.12 bits per heavy atom. The van der Waals surface area contributed by atoms with Gasteiger partial charge in [0.2, 0.25) is 11.7 Å². The first kappa shape index (κ1) is 15.9. The number of aromatic amines is 1. The number of anilines is 1. The third-order valence-corrected chi connectivity index (χ3v) is 4.33. The number of tetrazole rings is 1. The summed E-state index contributed by atoms with van der Waals surface area (Å²) < 4.78 is 0. The maximum Gasteiger partial charge on any atom is 0.251 e. The number of amides is 2. The molecule has 4 rings (SSSR count). The van der Waals surface area contributed by atoms with E-state index in [1.807, 2.05) is 30.3 Å². The summed E-state index contributed by atoms with van der Waals surface area (Å²) in [7, 11) is 0. The third kappa shape index (κ3) is 3.04. The second kappa shape index (κ2) is 6.75. The number of hydrogen-bond acceptors (Lipinski definition) is 5. The molecule has 1 aliphatic rings. The molecule has 0 saturated carbocycles. The summed E-state index contributed by atoms with van der Waals surface area (Å²) in [5.41, 5.74) is 2.07. The quantitative estimate of drug-likeness (QED) is 0.742. The fourth-order valence-electron chi connectivity index (χ4n) is 2.97. The summed E-state index contributed by atoms with van der Waals surface area (Å²) in [5.74, 6) is 0.0901. The van der Waals surface area contributed by atoms with Gasteiger partial charge < -0.3 is 10.2 Å².